The Morgan fingerprint density at radius 3 is 2.78 bits per heavy atom. The smallest absolute Gasteiger partial charge is 0.129 e. The first-order valence-corrected chi connectivity index (χ1v) is 5.79. The summed E-state index contributed by atoms with van der Waals surface area (Å²) in [5, 5.41) is 0. The van der Waals surface area contributed by atoms with E-state index in [1.54, 1.807) is 13.4 Å². The van der Waals surface area contributed by atoms with Gasteiger partial charge in [-0.05, 0) is 23.8 Å². The summed E-state index contributed by atoms with van der Waals surface area (Å²) >= 11 is 0. The molecule has 0 saturated carbocycles. The van der Waals surface area contributed by atoms with Gasteiger partial charge in [-0.3, -0.25) is 0 Å². The van der Waals surface area contributed by atoms with Crippen LogP contribution in [-0.4, -0.2) is 7.11 Å². The van der Waals surface area contributed by atoms with Crippen LogP contribution in [0.15, 0.2) is 41.0 Å². The van der Waals surface area contributed by atoms with Gasteiger partial charge in [-0.25, -0.2) is 0 Å². The monoisotopic (exact) mass is 247 g/mol. The Labute approximate surface area is 106 Å². The second-order valence-corrected chi connectivity index (χ2v) is 3.97. The summed E-state index contributed by atoms with van der Waals surface area (Å²) in [6.07, 6.45) is 1.66. The summed E-state index contributed by atoms with van der Waals surface area (Å²) in [7, 11) is 1.65. The number of hydrogen-bond acceptors (Lipinski definition) is 4. The minimum absolute atomic E-state index is 0.442. The lowest BCUT2D eigenvalue weighted by Crippen LogP contribution is -1.95. The van der Waals surface area contributed by atoms with Crippen LogP contribution in [0.25, 0.3) is 0 Å². The molecule has 0 spiro atoms. The molecule has 0 aliphatic rings. The summed E-state index contributed by atoms with van der Waals surface area (Å²) < 4.78 is 16.0. The summed E-state index contributed by atoms with van der Waals surface area (Å²) in [5.74, 6) is 1.62. The van der Waals surface area contributed by atoms with Crippen molar-refractivity contribution in [1.82, 2.24) is 0 Å². The van der Waals surface area contributed by atoms with Gasteiger partial charge in [-0.15, -0.1) is 0 Å². The van der Waals surface area contributed by atoms with Crippen LogP contribution < -0.4 is 10.5 Å². The molecule has 0 fully saturated rings. The van der Waals surface area contributed by atoms with Gasteiger partial charge < -0.3 is 19.6 Å². The lowest BCUT2D eigenvalue weighted by atomic mass is 10.2. The van der Waals surface area contributed by atoms with Gasteiger partial charge in [0.1, 0.15) is 18.1 Å². The van der Waals surface area contributed by atoms with Gasteiger partial charge >= 0.3 is 0 Å². The van der Waals surface area contributed by atoms with E-state index in [1.807, 2.05) is 30.3 Å². The highest BCUT2D eigenvalue weighted by atomic mass is 16.5. The molecule has 96 valence electrons. The molecular formula is C14H17NO3. The van der Waals surface area contributed by atoms with Gasteiger partial charge in [0.25, 0.3) is 0 Å². The minimum Gasteiger partial charge on any atom is -0.497 e. The Morgan fingerprint density at radius 2 is 2.06 bits per heavy atom. The Kier molecular flexibility index (Phi) is 4.39. The molecule has 1 aromatic heterocycles. The summed E-state index contributed by atoms with van der Waals surface area (Å²) in [6, 6.07) is 9.70. The number of methoxy groups -OCH3 is 1. The first kappa shape index (κ1) is 12.7. The molecule has 0 bridgehead atoms. The van der Waals surface area contributed by atoms with Gasteiger partial charge in [0.15, 0.2) is 0 Å². The molecule has 0 saturated heterocycles. The molecule has 1 aromatic carbocycles. The predicted octanol–water partition coefficient (Wildman–Crippen LogP) is 2.46. The maximum absolute atomic E-state index is 5.57. The van der Waals surface area contributed by atoms with Crippen LogP contribution in [0.3, 0.4) is 0 Å². The van der Waals surface area contributed by atoms with Crippen molar-refractivity contribution in [1.29, 1.82) is 0 Å². The number of ether oxygens (including phenoxy) is 2. The fraction of sp³-hybridized carbons (Fsp3) is 0.286. The lowest BCUT2D eigenvalue weighted by molar-refractivity contribution is 0.0928. The SMILES string of the molecule is COc1cccc(COCc2cc(CN)co2)c1. The predicted molar refractivity (Wildman–Crippen MR) is 68.1 cm³/mol. The van der Waals surface area contributed by atoms with E-state index in [4.69, 9.17) is 19.6 Å². The molecule has 4 heteroatoms. The number of rotatable bonds is 6. The maximum Gasteiger partial charge on any atom is 0.129 e. The highest BCUT2D eigenvalue weighted by molar-refractivity contribution is 5.27. The Bertz CT molecular complexity index is 493. The number of nitrogens with two attached hydrogens (primary N) is 1. The van der Waals surface area contributed by atoms with Crippen molar-refractivity contribution in [3.8, 4) is 5.75 Å². The fourth-order valence-corrected chi connectivity index (χ4v) is 1.64. The van der Waals surface area contributed by atoms with Gasteiger partial charge in [0.05, 0.1) is 20.0 Å². The second-order valence-electron chi connectivity index (χ2n) is 3.97. The summed E-state index contributed by atoms with van der Waals surface area (Å²) in [6.45, 7) is 1.45. The summed E-state index contributed by atoms with van der Waals surface area (Å²) in [5.41, 5.74) is 7.55. The molecule has 2 rings (SSSR count). The van der Waals surface area contributed by atoms with Gasteiger partial charge in [0.2, 0.25) is 0 Å². The molecule has 2 N–H and O–H groups in total. The topological polar surface area (TPSA) is 57.6 Å². The van der Waals surface area contributed by atoms with Crippen molar-refractivity contribution in [2.45, 2.75) is 19.8 Å². The number of benzene rings is 1. The van der Waals surface area contributed by atoms with Gasteiger partial charge in [-0.1, -0.05) is 12.1 Å². The number of furan rings is 1. The van der Waals surface area contributed by atoms with Gasteiger partial charge in [-0.2, -0.15) is 0 Å². The average molecular weight is 247 g/mol. The quantitative estimate of drug-likeness (QED) is 0.852. The minimum atomic E-state index is 0.442. The van der Waals surface area contributed by atoms with E-state index in [1.165, 1.54) is 0 Å². The third-order valence-electron chi connectivity index (χ3n) is 2.59. The zero-order valence-electron chi connectivity index (χ0n) is 10.4. The first-order chi connectivity index (χ1) is 8.81. The zero-order valence-corrected chi connectivity index (χ0v) is 10.4. The highest BCUT2D eigenvalue weighted by Gasteiger charge is 2.01. The van der Waals surface area contributed by atoms with Crippen molar-refractivity contribution in [3.63, 3.8) is 0 Å². The largest absolute Gasteiger partial charge is 0.497 e. The van der Waals surface area contributed by atoms with Crippen LogP contribution in [0, 0.1) is 0 Å². The lowest BCUT2D eigenvalue weighted by Gasteiger charge is -2.04. The van der Waals surface area contributed by atoms with Crippen molar-refractivity contribution in [3.05, 3.63) is 53.5 Å². The number of hydrogen-bond donors (Lipinski definition) is 1. The van der Waals surface area contributed by atoms with Crippen LogP contribution in [-0.2, 0) is 24.5 Å². The maximum atomic E-state index is 5.57. The Morgan fingerprint density at radius 1 is 1.17 bits per heavy atom. The molecule has 0 radical (unpaired) electrons. The van der Waals surface area contributed by atoms with Crippen LogP contribution in [0.2, 0.25) is 0 Å². The van der Waals surface area contributed by atoms with E-state index in [9.17, 15) is 0 Å². The van der Waals surface area contributed by atoms with Crippen LogP contribution in [0.4, 0.5) is 0 Å². The van der Waals surface area contributed by atoms with Crippen molar-refractivity contribution >= 4 is 0 Å². The van der Waals surface area contributed by atoms with Crippen molar-refractivity contribution in [2.75, 3.05) is 7.11 Å². The van der Waals surface area contributed by atoms with Crippen LogP contribution in [0.5, 0.6) is 5.75 Å². The van der Waals surface area contributed by atoms with E-state index in [2.05, 4.69) is 0 Å². The third kappa shape index (κ3) is 3.35. The molecule has 18 heavy (non-hydrogen) atoms. The van der Waals surface area contributed by atoms with Crippen molar-refractivity contribution < 1.29 is 13.9 Å². The molecule has 0 amide bonds. The first-order valence-electron chi connectivity index (χ1n) is 5.79. The third-order valence-corrected chi connectivity index (χ3v) is 2.59. The molecular weight excluding hydrogens is 230 g/mol. The molecule has 0 atom stereocenters. The normalized spacial score (nSPS) is 10.6. The van der Waals surface area contributed by atoms with E-state index in [0.29, 0.717) is 19.8 Å². The summed E-state index contributed by atoms with van der Waals surface area (Å²) in [4.78, 5) is 0. The molecule has 0 aliphatic heterocycles. The zero-order chi connectivity index (χ0) is 12.8. The van der Waals surface area contributed by atoms with Crippen LogP contribution >= 0.6 is 0 Å². The standard InChI is InChI=1S/C14H17NO3/c1-16-13-4-2-3-11(5-13)8-17-10-14-6-12(7-15)9-18-14/h2-6,9H,7-8,10,15H2,1H3. The molecule has 2 aromatic rings. The average Bonchev–Trinajstić information content (AvgIpc) is 2.87. The Balaban J connectivity index is 1.84. The molecule has 4 nitrogen and oxygen atoms in total. The molecule has 0 aliphatic carbocycles. The van der Waals surface area contributed by atoms with E-state index in [0.717, 1.165) is 22.6 Å². The van der Waals surface area contributed by atoms with Gasteiger partial charge in [0, 0.05) is 12.1 Å². The Hall–Kier alpha value is -1.78. The van der Waals surface area contributed by atoms with E-state index < -0.39 is 0 Å². The highest BCUT2D eigenvalue weighted by Crippen LogP contribution is 2.14. The van der Waals surface area contributed by atoms with Crippen LogP contribution in [0.1, 0.15) is 16.9 Å². The van der Waals surface area contributed by atoms with E-state index in [-0.39, 0.29) is 0 Å². The van der Waals surface area contributed by atoms with E-state index >= 15 is 0 Å². The molecule has 1 heterocycles. The second kappa shape index (κ2) is 6.23. The fourth-order valence-electron chi connectivity index (χ4n) is 1.64. The van der Waals surface area contributed by atoms with Crippen molar-refractivity contribution in [2.24, 2.45) is 5.73 Å². The molecule has 0 unspecified atom stereocenters.